The Morgan fingerprint density at radius 2 is 1.92 bits per heavy atom. The molecule has 3 aromatic rings. The molecule has 26 heavy (non-hydrogen) atoms. The molecule has 10 heteroatoms. The molecule has 0 saturated carbocycles. The minimum atomic E-state index is -0.764. The second-order valence-electron chi connectivity index (χ2n) is 5.35. The first kappa shape index (κ1) is 17.3. The monoisotopic (exact) mass is 370 g/mol. The lowest BCUT2D eigenvalue weighted by Crippen LogP contribution is -2.44. The summed E-state index contributed by atoms with van der Waals surface area (Å²) in [6.45, 7) is 0. The molecule has 0 saturated heterocycles. The van der Waals surface area contributed by atoms with E-state index in [-0.39, 0.29) is 16.5 Å². The van der Waals surface area contributed by atoms with Crippen LogP contribution in [0.4, 0.5) is 11.4 Å². The molecule has 1 heterocycles. The second kappa shape index (κ2) is 7.15. The van der Waals surface area contributed by atoms with Crippen LogP contribution in [-0.2, 0) is 7.05 Å². The maximum absolute atomic E-state index is 12.1. The predicted octanol–water partition coefficient (Wildman–Crippen LogP) is 2.11. The van der Waals surface area contributed by atoms with Crippen LogP contribution >= 0.6 is 12.2 Å². The van der Waals surface area contributed by atoms with Crippen LogP contribution in [0.5, 0.6) is 0 Å². The van der Waals surface area contributed by atoms with E-state index >= 15 is 0 Å². The van der Waals surface area contributed by atoms with E-state index in [0.717, 1.165) is 22.7 Å². The molecule has 0 unspecified atom stereocenters. The van der Waals surface area contributed by atoms with Crippen LogP contribution in [-0.4, -0.2) is 25.7 Å². The smallest absolute Gasteiger partial charge is 0.320 e. The Morgan fingerprint density at radius 3 is 2.69 bits per heavy atom. The Balaban J connectivity index is 1.67. The van der Waals surface area contributed by atoms with Crippen molar-refractivity contribution in [3.8, 4) is 0 Å². The fourth-order valence-corrected chi connectivity index (χ4v) is 2.59. The molecule has 0 radical (unpaired) electrons. The SMILES string of the molecule is Cn1cc([N+](=O)[O-])c(C(=O)NNC(=S)Nc2cccc3ccccc23)n1. The molecule has 9 nitrogen and oxygen atoms in total. The number of carbonyl (C=O) groups excluding carboxylic acids is 1. The Kier molecular flexibility index (Phi) is 4.76. The lowest BCUT2D eigenvalue weighted by molar-refractivity contribution is -0.385. The Morgan fingerprint density at radius 1 is 1.19 bits per heavy atom. The molecular weight excluding hydrogens is 356 g/mol. The number of hydrogen-bond acceptors (Lipinski definition) is 5. The molecule has 132 valence electrons. The van der Waals surface area contributed by atoms with Crippen molar-refractivity contribution in [3.05, 3.63) is 64.5 Å². The molecule has 0 aliphatic carbocycles. The summed E-state index contributed by atoms with van der Waals surface area (Å²) in [6.07, 6.45) is 1.15. The highest BCUT2D eigenvalue weighted by atomic mass is 32.1. The zero-order valence-corrected chi connectivity index (χ0v) is 14.4. The van der Waals surface area contributed by atoms with Gasteiger partial charge < -0.3 is 5.32 Å². The highest BCUT2D eigenvalue weighted by molar-refractivity contribution is 7.80. The van der Waals surface area contributed by atoms with Gasteiger partial charge in [0.05, 0.1) is 4.92 Å². The molecule has 0 atom stereocenters. The van der Waals surface area contributed by atoms with Crippen LogP contribution in [0.3, 0.4) is 0 Å². The fraction of sp³-hybridized carbons (Fsp3) is 0.0625. The van der Waals surface area contributed by atoms with Gasteiger partial charge in [0, 0.05) is 18.1 Å². The number of nitrogens with one attached hydrogen (secondary N) is 3. The molecule has 2 aromatic carbocycles. The van der Waals surface area contributed by atoms with E-state index in [0.29, 0.717) is 0 Å². The number of benzene rings is 2. The molecular formula is C16H14N6O3S. The van der Waals surface area contributed by atoms with Crippen molar-refractivity contribution in [2.24, 2.45) is 7.05 Å². The van der Waals surface area contributed by atoms with Crippen LogP contribution in [0.2, 0.25) is 0 Å². The molecule has 0 bridgehead atoms. The van der Waals surface area contributed by atoms with Gasteiger partial charge in [0.15, 0.2) is 5.11 Å². The van der Waals surface area contributed by atoms with E-state index in [1.165, 1.54) is 11.7 Å². The normalized spacial score (nSPS) is 10.3. The summed E-state index contributed by atoms with van der Waals surface area (Å²) in [5, 5.41) is 19.9. The first-order valence-corrected chi connectivity index (χ1v) is 7.89. The average molecular weight is 370 g/mol. The molecule has 0 aliphatic heterocycles. The molecule has 1 amide bonds. The first-order chi connectivity index (χ1) is 12.5. The van der Waals surface area contributed by atoms with Gasteiger partial charge in [0.1, 0.15) is 6.20 Å². The second-order valence-corrected chi connectivity index (χ2v) is 5.76. The summed E-state index contributed by atoms with van der Waals surface area (Å²) in [5.41, 5.74) is 4.89. The van der Waals surface area contributed by atoms with Crippen molar-refractivity contribution in [1.82, 2.24) is 20.6 Å². The van der Waals surface area contributed by atoms with Crippen LogP contribution < -0.4 is 16.2 Å². The molecule has 3 N–H and O–H groups in total. The third-order valence-corrected chi connectivity index (χ3v) is 3.75. The summed E-state index contributed by atoms with van der Waals surface area (Å²) >= 11 is 5.16. The lowest BCUT2D eigenvalue weighted by atomic mass is 10.1. The highest BCUT2D eigenvalue weighted by Gasteiger charge is 2.24. The van der Waals surface area contributed by atoms with Gasteiger partial charge >= 0.3 is 5.69 Å². The van der Waals surface area contributed by atoms with Crippen LogP contribution in [0.15, 0.2) is 48.7 Å². The van der Waals surface area contributed by atoms with E-state index in [2.05, 4.69) is 21.3 Å². The molecule has 0 spiro atoms. The lowest BCUT2D eigenvalue weighted by Gasteiger charge is -2.12. The minimum Gasteiger partial charge on any atom is -0.331 e. The quantitative estimate of drug-likeness (QED) is 0.367. The number of carbonyl (C=O) groups is 1. The van der Waals surface area contributed by atoms with E-state index < -0.39 is 10.8 Å². The van der Waals surface area contributed by atoms with E-state index in [1.54, 1.807) is 0 Å². The predicted molar refractivity (Wildman–Crippen MR) is 101 cm³/mol. The van der Waals surface area contributed by atoms with E-state index in [9.17, 15) is 14.9 Å². The van der Waals surface area contributed by atoms with Gasteiger partial charge in [-0.05, 0) is 23.7 Å². The summed E-state index contributed by atoms with van der Waals surface area (Å²) in [5.74, 6) is -0.764. The number of nitrogens with zero attached hydrogens (tertiary/aromatic N) is 3. The Labute approximate surface area is 153 Å². The average Bonchev–Trinajstić information content (AvgIpc) is 3.02. The molecule has 3 rings (SSSR count). The number of aryl methyl sites for hydroxylation is 1. The Hall–Kier alpha value is -3.53. The number of hydrazine groups is 1. The van der Waals surface area contributed by atoms with E-state index in [4.69, 9.17) is 12.2 Å². The van der Waals surface area contributed by atoms with Gasteiger partial charge in [0.2, 0.25) is 5.69 Å². The van der Waals surface area contributed by atoms with Crippen molar-refractivity contribution in [2.75, 3.05) is 5.32 Å². The third-order valence-electron chi connectivity index (χ3n) is 3.55. The zero-order valence-electron chi connectivity index (χ0n) is 13.6. The maximum Gasteiger partial charge on any atom is 0.320 e. The number of amides is 1. The molecule has 0 fully saturated rings. The van der Waals surface area contributed by atoms with Gasteiger partial charge in [-0.15, -0.1) is 0 Å². The Bertz CT molecular complexity index is 1010. The number of rotatable bonds is 3. The topological polar surface area (TPSA) is 114 Å². The number of fused-ring (bicyclic) bond motifs is 1. The van der Waals surface area contributed by atoms with Gasteiger partial charge in [0.25, 0.3) is 5.91 Å². The van der Waals surface area contributed by atoms with Gasteiger partial charge in [-0.1, -0.05) is 36.4 Å². The number of anilines is 1. The number of nitro groups is 1. The van der Waals surface area contributed by atoms with Crippen LogP contribution in [0.25, 0.3) is 10.8 Å². The number of thiocarbonyl (C=S) groups is 1. The van der Waals surface area contributed by atoms with Crippen LogP contribution in [0.1, 0.15) is 10.5 Å². The zero-order chi connectivity index (χ0) is 18.7. The number of aromatic nitrogens is 2. The van der Waals surface area contributed by atoms with Crippen molar-refractivity contribution in [2.45, 2.75) is 0 Å². The summed E-state index contributed by atoms with van der Waals surface area (Å²) < 4.78 is 1.19. The van der Waals surface area contributed by atoms with Crippen LogP contribution in [0, 0.1) is 10.1 Å². The van der Waals surface area contributed by atoms with Gasteiger partial charge in [-0.3, -0.25) is 30.4 Å². The largest absolute Gasteiger partial charge is 0.331 e. The standard InChI is InChI=1S/C16H14N6O3S/c1-21-9-13(22(24)25)14(20-21)15(23)18-19-16(26)17-12-8-4-6-10-5-2-3-7-11(10)12/h2-9H,1H3,(H,18,23)(H2,17,19,26). The van der Waals surface area contributed by atoms with Crippen molar-refractivity contribution >= 4 is 45.4 Å². The van der Waals surface area contributed by atoms with Crippen molar-refractivity contribution in [1.29, 1.82) is 0 Å². The van der Waals surface area contributed by atoms with Crippen molar-refractivity contribution in [3.63, 3.8) is 0 Å². The summed E-state index contributed by atoms with van der Waals surface area (Å²) in [7, 11) is 1.49. The summed E-state index contributed by atoms with van der Waals surface area (Å²) in [6, 6.07) is 13.5. The van der Waals surface area contributed by atoms with Gasteiger partial charge in [-0.25, -0.2) is 0 Å². The highest BCUT2D eigenvalue weighted by Crippen LogP contribution is 2.22. The first-order valence-electron chi connectivity index (χ1n) is 7.49. The van der Waals surface area contributed by atoms with E-state index in [1.807, 2.05) is 42.5 Å². The third kappa shape index (κ3) is 3.59. The maximum atomic E-state index is 12.1. The van der Waals surface area contributed by atoms with Gasteiger partial charge in [-0.2, -0.15) is 5.10 Å². The number of hydrogen-bond donors (Lipinski definition) is 3. The minimum absolute atomic E-state index is 0.133. The molecule has 1 aromatic heterocycles. The van der Waals surface area contributed by atoms with Crippen molar-refractivity contribution < 1.29 is 9.72 Å². The fourth-order valence-electron chi connectivity index (χ4n) is 2.43. The molecule has 0 aliphatic rings. The summed E-state index contributed by atoms with van der Waals surface area (Å²) in [4.78, 5) is 22.4.